The zero-order valence-electron chi connectivity index (χ0n) is 11.7. The Morgan fingerprint density at radius 3 is 2.42 bits per heavy atom. The van der Waals surface area contributed by atoms with Crippen LogP contribution in [0.4, 0.5) is 0 Å². The molecule has 0 fully saturated rings. The van der Waals surface area contributed by atoms with Crippen LogP contribution in [-0.4, -0.2) is 4.98 Å². The number of benzene rings is 1. The SMILES string of the molecule is CCCC(NC(C)c1cccnc1)c1ccccc1. The van der Waals surface area contributed by atoms with E-state index < -0.39 is 0 Å². The number of hydrogen-bond acceptors (Lipinski definition) is 2. The number of aromatic nitrogens is 1. The lowest BCUT2D eigenvalue weighted by molar-refractivity contribution is 0.439. The van der Waals surface area contributed by atoms with Gasteiger partial charge in [-0.25, -0.2) is 0 Å². The van der Waals surface area contributed by atoms with Crippen LogP contribution >= 0.6 is 0 Å². The van der Waals surface area contributed by atoms with Gasteiger partial charge >= 0.3 is 0 Å². The molecule has 0 bridgehead atoms. The molecule has 1 heterocycles. The van der Waals surface area contributed by atoms with Gasteiger partial charge in [0.2, 0.25) is 0 Å². The van der Waals surface area contributed by atoms with Crippen molar-refractivity contribution in [2.24, 2.45) is 0 Å². The normalized spacial score (nSPS) is 14.0. The largest absolute Gasteiger partial charge is 0.303 e. The fourth-order valence-electron chi connectivity index (χ4n) is 2.35. The molecule has 1 aromatic heterocycles. The minimum Gasteiger partial charge on any atom is -0.303 e. The van der Waals surface area contributed by atoms with E-state index in [-0.39, 0.29) is 0 Å². The van der Waals surface area contributed by atoms with E-state index in [1.807, 2.05) is 18.5 Å². The third-order valence-corrected chi connectivity index (χ3v) is 3.41. The van der Waals surface area contributed by atoms with Crippen LogP contribution in [0, 0.1) is 0 Å². The lowest BCUT2D eigenvalue weighted by Crippen LogP contribution is -2.24. The summed E-state index contributed by atoms with van der Waals surface area (Å²) < 4.78 is 0. The molecule has 2 atom stereocenters. The summed E-state index contributed by atoms with van der Waals surface area (Å²) in [5.41, 5.74) is 2.60. The highest BCUT2D eigenvalue weighted by Gasteiger charge is 2.14. The highest BCUT2D eigenvalue weighted by atomic mass is 14.9. The average molecular weight is 254 g/mol. The van der Waals surface area contributed by atoms with Crippen LogP contribution in [0.25, 0.3) is 0 Å². The summed E-state index contributed by atoms with van der Waals surface area (Å²) in [6.45, 7) is 4.43. The van der Waals surface area contributed by atoms with Gasteiger partial charge in [0, 0.05) is 24.5 Å². The van der Waals surface area contributed by atoms with Crippen LogP contribution in [0.1, 0.15) is 49.9 Å². The Morgan fingerprint density at radius 1 is 1.05 bits per heavy atom. The van der Waals surface area contributed by atoms with Crippen LogP contribution in [0.2, 0.25) is 0 Å². The first-order valence-electron chi connectivity index (χ1n) is 7.02. The van der Waals surface area contributed by atoms with Crippen molar-refractivity contribution in [2.45, 2.75) is 38.8 Å². The third-order valence-electron chi connectivity index (χ3n) is 3.41. The zero-order valence-corrected chi connectivity index (χ0v) is 11.7. The molecular formula is C17H22N2. The molecule has 0 spiro atoms. The zero-order chi connectivity index (χ0) is 13.5. The van der Waals surface area contributed by atoms with Crippen molar-refractivity contribution in [3.63, 3.8) is 0 Å². The van der Waals surface area contributed by atoms with Crippen molar-refractivity contribution in [1.82, 2.24) is 10.3 Å². The van der Waals surface area contributed by atoms with Crippen molar-refractivity contribution in [1.29, 1.82) is 0 Å². The maximum atomic E-state index is 4.19. The van der Waals surface area contributed by atoms with Crippen LogP contribution in [0.3, 0.4) is 0 Å². The topological polar surface area (TPSA) is 24.9 Å². The van der Waals surface area contributed by atoms with Crippen LogP contribution < -0.4 is 5.32 Å². The van der Waals surface area contributed by atoms with Crippen molar-refractivity contribution in [3.8, 4) is 0 Å². The van der Waals surface area contributed by atoms with Crippen LogP contribution in [-0.2, 0) is 0 Å². The van der Waals surface area contributed by atoms with Gasteiger partial charge in [0.25, 0.3) is 0 Å². The molecular weight excluding hydrogens is 232 g/mol. The minimum atomic E-state index is 0.311. The smallest absolute Gasteiger partial charge is 0.0325 e. The van der Waals surface area contributed by atoms with E-state index in [0.717, 1.165) is 6.42 Å². The highest BCUT2D eigenvalue weighted by Crippen LogP contribution is 2.22. The molecule has 0 radical (unpaired) electrons. The first-order chi connectivity index (χ1) is 9.31. The Bertz CT molecular complexity index is 467. The molecule has 2 unspecified atom stereocenters. The van der Waals surface area contributed by atoms with Crippen LogP contribution in [0.15, 0.2) is 54.9 Å². The molecule has 2 nitrogen and oxygen atoms in total. The molecule has 19 heavy (non-hydrogen) atoms. The summed E-state index contributed by atoms with van der Waals surface area (Å²) in [6.07, 6.45) is 6.07. The van der Waals surface area contributed by atoms with Crippen molar-refractivity contribution in [2.75, 3.05) is 0 Å². The van der Waals surface area contributed by atoms with E-state index in [2.05, 4.69) is 60.5 Å². The summed E-state index contributed by atoms with van der Waals surface area (Å²) in [5.74, 6) is 0. The van der Waals surface area contributed by atoms with E-state index >= 15 is 0 Å². The van der Waals surface area contributed by atoms with Gasteiger partial charge in [-0.15, -0.1) is 0 Å². The summed E-state index contributed by atoms with van der Waals surface area (Å²) >= 11 is 0. The van der Waals surface area contributed by atoms with Gasteiger partial charge in [0.1, 0.15) is 0 Å². The third kappa shape index (κ3) is 3.90. The first-order valence-corrected chi connectivity index (χ1v) is 7.02. The second kappa shape index (κ2) is 7.05. The summed E-state index contributed by atoms with van der Waals surface area (Å²) in [6, 6.07) is 15.5. The Morgan fingerprint density at radius 2 is 1.79 bits per heavy atom. The monoisotopic (exact) mass is 254 g/mol. The summed E-state index contributed by atoms with van der Waals surface area (Å²) in [5, 5.41) is 3.71. The van der Waals surface area contributed by atoms with Gasteiger partial charge in [-0.2, -0.15) is 0 Å². The maximum absolute atomic E-state index is 4.19. The van der Waals surface area contributed by atoms with Gasteiger partial charge in [0.15, 0.2) is 0 Å². The molecule has 100 valence electrons. The van der Waals surface area contributed by atoms with Crippen LogP contribution in [0.5, 0.6) is 0 Å². The quantitative estimate of drug-likeness (QED) is 0.832. The number of rotatable bonds is 6. The minimum absolute atomic E-state index is 0.311. The van der Waals surface area contributed by atoms with Gasteiger partial charge in [0.05, 0.1) is 0 Å². The molecule has 0 aliphatic heterocycles. The predicted molar refractivity (Wildman–Crippen MR) is 79.9 cm³/mol. The fraction of sp³-hybridized carbons (Fsp3) is 0.353. The summed E-state index contributed by atoms with van der Waals surface area (Å²) in [4.78, 5) is 4.19. The Labute approximate surface area is 115 Å². The Hall–Kier alpha value is -1.67. The lowest BCUT2D eigenvalue weighted by atomic mass is 10.0. The average Bonchev–Trinajstić information content (AvgIpc) is 2.48. The lowest BCUT2D eigenvalue weighted by Gasteiger charge is -2.23. The molecule has 0 aliphatic rings. The molecule has 2 rings (SSSR count). The highest BCUT2D eigenvalue weighted by molar-refractivity contribution is 5.20. The molecule has 1 aromatic carbocycles. The first kappa shape index (κ1) is 13.8. The second-order valence-electron chi connectivity index (χ2n) is 4.93. The molecule has 0 aliphatic carbocycles. The molecule has 0 saturated carbocycles. The van der Waals surface area contributed by atoms with Gasteiger partial charge in [-0.05, 0) is 30.5 Å². The maximum Gasteiger partial charge on any atom is 0.0325 e. The van der Waals surface area contributed by atoms with E-state index in [1.54, 1.807) is 0 Å². The molecule has 2 aromatic rings. The second-order valence-corrected chi connectivity index (χ2v) is 4.93. The van der Waals surface area contributed by atoms with E-state index in [1.165, 1.54) is 17.5 Å². The molecule has 0 saturated heterocycles. The van der Waals surface area contributed by atoms with E-state index in [9.17, 15) is 0 Å². The predicted octanol–water partition coefficient (Wildman–Crippen LogP) is 4.27. The van der Waals surface area contributed by atoms with E-state index in [0.29, 0.717) is 12.1 Å². The van der Waals surface area contributed by atoms with Crippen molar-refractivity contribution in [3.05, 3.63) is 66.0 Å². The Kier molecular flexibility index (Phi) is 5.10. The Balaban J connectivity index is 2.09. The molecule has 1 N–H and O–H groups in total. The van der Waals surface area contributed by atoms with Gasteiger partial charge in [-0.1, -0.05) is 49.7 Å². The van der Waals surface area contributed by atoms with Gasteiger partial charge < -0.3 is 5.32 Å². The standard InChI is InChI=1S/C17H22N2/c1-3-8-17(15-9-5-4-6-10-15)19-14(2)16-11-7-12-18-13-16/h4-7,9-14,17,19H,3,8H2,1-2H3. The fourth-order valence-corrected chi connectivity index (χ4v) is 2.35. The van der Waals surface area contributed by atoms with E-state index in [4.69, 9.17) is 0 Å². The van der Waals surface area contributed by atoms with Gasteiger partial charge in [-0.3, -0.25) is 4.98 Å². The van der Waals surface area contributed by atoms with Crippen molar-refractivity contribution < 1.29 is 0 Å². The number of nitrogens with zero attached hydrogens (tertiary/aromatic N) is 1. The molecule has 2 heteroatoms. The summed E-state index contributed by atoms with van der Waals surface area (Å²) in [7, 11) is 0. The van der Waals surface area contributed by atoms with Crippen molar-refractivity contribution >= 4 is 0 Å². The molecule has 0 amide bonds. The number of pyridine rings is 1. The number of nitrogens with one attached hydrogen (secondary N) is 1. The number of hydrogen-bond donors (Lipinski definition) is 1.